The van der Waals surface area contributed by atoms with Gasteiger partial charge in [0.25, 0.3) is 5.91 Å². The van der Waals surface area contributed by atoms with E-state index in [0.717, 1.165) is 6.07 Å². The topological polar surface area (TPSA) is 56.1 Å². The van der Waals surface area contributed by atoms with Crippen LogP contribution in [0.5, 0.6) is 5.75 Å². The van der Waals surface area contributed by atoms with Gasteiger partial charge in [0.1, 0.15) is 17.3 Å². The van der Waals surface area contributed by atoms with Crippen molar-refractivity contribution in [1.29, 1.82) is 0 Å². The van der Waals surface area contributed by atoms with Gasteiger partial charge in [-0.3, -0.25) is 18.3 Å². The molecule has 0 unspecified atom stereocenters. The normalized spacial score (nSPS) is 16.4. The van der Waals surface area contributed by atoms with Crippen LogP contribution in [0.4, 0.5) is 8.63 Å². The molecule has 1 heterocycles. The lowest BCUT2D eigenvalue weighted by Gasteiger charge is -2.09. The van der Waals surface area contributed by atoms with Crippen molar-refractivity contribution >= 4 is 30.5 Å². The highest BCUT2D eigenvalue weighted by Crippen LogP contribution is 2.19. The van der Waals surface area contributed by atoms with Crippen LogP contribution in [0, 0.1) is 0 Å². The second kappa shape index (κ2) is 6.64. The summed E-state index contributed by atoms with van der Waals surface area (Å²) in [5, 5.41) is 9.33. The molecule has 0 aromatic heterocycles. The molecule has 1 N–H and O–H groups in total. The monoisotopic (exact) mass is 319 g/mol. The van der Waals surface area contributed by atoms with Crippen LogP contribution in [0.1, 0.15) is 5.56 Å². The van der Waals surface area contributed by atoms with E-state index in [2.05, 4.69) is 4.99 Å². The van der Waals surface area contributed by atoms with Crippen molar-refractivity contribution in [1.82, 2.24) is 9.80 Å². The molecule has 0 bridgehead atoms. The Hall–Kier alpha value is -2.64. The molecular weight excluding hydrogens is 303 g/mol. The van der Waals surface area contributed by atoms with E-state index in [0.29, 0.717) is 5.84 Å². The maximum Gasteiger partial charge on any atom is 0.572 e. The van der Waals surface area contributed by atoms with Crippen LogP contribution in [0.25, 0.3) is 6.08 Å². The smallest absolute Gasteiger partial charge is 0.508 e. The van der Waals surface area contributed by atoms with Crippen LogP contribution >= 0.6 is 0 Å². The zero-order valence-electron chi connectivity index (χ0n) is 13.0. The predicted octanol–water partition coefficient (Wildman–Crippen LogP) is 1.31. The Morgan fingerprint density at radius 3 is 2.65 bits per heavy atom. The summed E-state index contributed by atoms with van der Waals surface area (Å²) >= 11 is 0. The first-order valence-electron chi connectivity index (χ1n) is 6.83. The van der Waals surface area contributed by atoms with E-state index in [1.54, 1.807) is 24.2 Å². The Morgan fingerprint density at radius 2 is 2.04 bits per heavy atom. The first-order valence-corrected chi connectivity index (χ1v) is 6.83. The lowest BCUT2D eigenvalue weighted by molar-refractivity contribution is -0.121. The third-order valence-electron chi connectivity index (χ3n) is 3.22. The molecule has 0 fully saturated rings. The number of carbonyl (C=O) groups excluding carboxylic acids is 1. The van der Waals surface area contributed by atoms with E-state index in [4.69, 9.17) is 0 Å². The Morgan fingerprint density at radius 1 is 1.35 bits per heavy atom. The van der Waals surface area contributed by atoms with E-state index < -0.39 is 7.27 Å². The molecule has 1 amide bonds. The molecule has 1 aromatic carbocycles. The van der Waals surface area contributed by atoms with Crippen molar-refractivity contribution in [2.24, 2.45) is 4.99 Å². The summed E-state index contributed by atoms with van der Waals surface area (Å²) in [6.07, 6.45) is 4.69. The van der Waals surface area contributed by atoms with Gasteiger partial charge in [0.15, 0.2) is 0 Å². The van der Waals surface area contributed by atoms with Gasteiger partial charge in [0, 0.05) is 32.8 Å². The van der Waals surface area contributed by atoms with E-state index >= 15 is 0 Å². The maximum atomic E-state index is 13.1. The molecule has 23 heavy (non-hydrogen) atoms. The molecule has 1 aromatic rings. The predicted molar refractivity (Wildman–Crippen MR) is 86.7 cm³/mol. The number of phenolic OH excluding ortho intramolecular Hbond substituents is 1. The van der Waals surface area contributed by atoms with Crippen LogP contribution in [0.15, 0.2) is 41.2 Å². The van der Waals surface area contributed by atoms with Crippen molar-refractivity contribution in [2.45, 2.75) is 0 Å². The fourth-order valence-corrected chi connectivity index (χ4v) is 2.01. The third-order valence-corrected chi connectivity index (χ3v) is 3.22. The van der Waals surface area contributed by atoms with Crippen molar-refractivity contribution < 1.29 is 18.5 Å². The number of hydrogen-bond donors (Lipinski definition) is 1. The van der Waals surface area contributed by atoms with Gasteiger partial charge in [0.2, 0.25) is 0 Å². The highest BCUT2D eigenvalue weighted by atomic mass is 19.2. The number of benzene rings is 1. The standard InChI is InChI=1S/C15H16BF2N3O2/c1-20(2)7-6-14-19-13(15(23)21(14)3)8-10-4-5-11(22)9-12(10)16(17)18/h4-9,22H,1-3H3/b7-6+,13-8-. The molecule has 120 valence electrons. The lowest BCUT2D eigenvalue weighted by atomic mass is 9.81. The Kier molecular flexibility index (Phi) is 4.83. The summed E-state index contributed by atoms with van der Waals surface area (Å²) in [7, 11) is 2.46. The maximum absolute atomic E-state index is 13.1. The van der Waals surface area contributed by atoms with Gasteiger partial charge in [-0.2, -0.15) is 0 Å². The first kappa shape index (κ1) is 16.7. The lowest BCUT2D eigenvalue weighted by Crippen LogP contribution is -2.27. The summed E-state index contributed by atoms with van der Waals surface area (Å²) in [5.74, 6) is -0.209. The van der Waals surface area contributed by atoms with Gasteiger partial charge in [-0.05, 0) is 29.8 Å². The molecular formula is C15H16BF2N3O2. The molecule has 0 saturated heterocycles. The van der Waals surface area contributed by atoms with Crippen LogP contribution in [-0.2, 0) is 4.79 Å². The number of amides is 1. The fourth-order valence-electron chi connectivity index (χ4n) is 2.01. The highest BCUT2D eigenvalue weighted by Gasteiger charge is 2.27. The van der Waals surface area contributed by atoms with Crippen molar-refractivity contribution in [2.75, 3.05) is 21.1 Å². The van der Waals surface area contributed by atoms with E-state index in [9.17, 15) is 18.5 Å². The van der Waals surface area contributed by atoms with E-state index in [1.807, 2.05) is 14.1 Å². The molecule has 0 saturated carbocycles. The van der Waals surface area contributed by atoms with Gasteiger partial charge in [-0.25, -0.2) is 4.99 Å². The molecule has 0 aliphatic carbocycles. The minimum Gasteiger partial charge on any atom is -0.508 e. The van der Waals surface area contributed by atoms with E-state index in [-0.39, 0.29) is 28.4 Å². The summed E-state index contributed by atoms with van der Waals surface area (Å²) in [5.41, 5.74) is -0.130. The summed E-state index contributed by atoms with van der Waals surface area (Å²) in [6, 6.07) is 3.61. The molecule has 1 aliphatic heterocycles. The molecule has 0 radical (unpaired) electrons. The molecule has 8 heteroatoms. The summed E-state index contributed by atoms with van der Waals surface area (Å²) < 4.78 is 26.1. The number of halogens is 2. The zero-order chi connectivity index (χ0) is 17.1. The Balaban J connectivity index is 2.42. The average molecular weight is 319 g/mol. The first-order chi connectivity index (χ1) is 10.8. The van der Waals surface area contributed by atoms with Gasteiger partial charge in [-0.15, -0.1) is 0 Å². The number of rotatable bonds is 4. The minimum absolute atomic E-state index is 0.0681. The quantitative estimate of drug-likeness (QED) is 0.673. The number of carbonyl (C=O) groups is 1. The number of phenols is 1. The number of nitrogens with zero attached hydrogens (tertiary/aromatic N) is 3. The fraction of sp³-hybridized carbons (Fsp3) is 0.200. The van der Waals surface area contributed by atoms with Gasteiger partial charge in [0.05, 0.1) is 0 Å². The molecule has 2 rings (SSSR count). The number of hydrogen-bond acceptors (Lipinski definition) is 4. The van der Waals surface area contributed by atoms with Gasteiger partial charge in [-0.1, -0.05) is 6.07 Å². The molecule has 0 spiro atoms. The van der Waals surface area contributed by atoms with Gasteiger partial charge < -0.3 is 10.0 Å². The number of amidine groups is 1. The minimum atomic E-state index is -2.76. The average Bonchev–Trinajstić information content (AvgIpc) is 2.74. The summed E-state index contributed by atoms with van der Waals surface area (Å²) in [4.78, 5) is 19.5. The second-order valence-corrected chi connectivity index (χ2v) is 5.26. The Labute approximate surface area is 133 Å². The third kappa shape index (κ3) is 3.77. The molecule has 0 atom stereocenters. The van der Waals surface area contributed by atoms with Crippen molar-refractivity contribution in [3.8, 4) is 5.75 Å². The van der Waals surface area contributed by atoms with Crippen LogP contribution < -0.4 is 5.46 Å². The van der Waals surface area contributed by atoms with Crippen molar-refractivity contribution in [3.63, 3.8) is 0 Å². The van der Waals surface area contributed by atoms with Crippen LogP contribution in [-0.4, -0.2) is 55.1 Å². The van der Waals surface area contributed by atoms with Crippen LogP contribution in [0.2, 0.25) is 0 Å². The van der Waals surface area contributed by atoms with E-state index in [1.165, 1.54) is 23.1 Å². The largest absolute Gasteiger partial charge is 0.572 e. The molecule has 5 nitrogen and oxygen atoms in total. The number of aromatic hydroxyl groups is 1. The zero-order valence-corrected chi connectivity index (χ0v) is 13.0. The van der Waals surface area contributed by atoms with Gasteiger partial charge >= 0.3 is 7.27 Å². The van der Waals surface area contributed by atoms with Crippen molar-refractivity contribution in [3.05, 3.63) is 41.7 Å². The summed E-state index contributed by atoms with van der Waals surface area (Å²) in [6.45, 7) is 0. The SMILES string of the molecule is CN(C)/C=C/C1=NC(=C\c2ccc(O)cc2B(F)F)/C(=O)N1C. The molecule has 1 aliphatic rings. The number of aliphatic imine (C=N–C) groups is 1. The Bertz CT molecular complexity index is 715. The van der Waals surface area contributed by atoms with Crippen LogP contribution in [0.3, 0.4) is 0 Å². The second-order valence-electron chi connectivity index (χ2n) is 5.26. The highest BCUT2D eigenvalue weighted by molar-refractivity contribution is 6.61. The number of likely N-dealkylation sites (N-methyl/N-ethyl adjacent to an activating group) is 1.